The Hall–Kier alpha value is -2.17. The van der Waals surface area contributed by atoms with Crippen LogP contribution >= 0.6 is 11.6 Å². The number of halogens is 1. The molecule has 0 fully saturated rings. The predicted molar refractivity (Wildman–Crippen MR) is 75.5 cm³/mol. The number of rotatable bonds is 4. The Bertz CT molecular complexity index is 657. The van der Waals surface area contributed by atoms with Gasteiger partial charge < -0.3 is 10.8 Å². The summed E-state index contributed by atoms with van der Waals surface area (Å²) < 4.78 is 0. The highest BCUT2D eigenvalue weighted by atomic mass is 35.5. The maximum atomic E-state index is 11.8. The van der Waals surface area contributed by atoms with Crippen molar-refractivity contribution < 1.29 is 14.7 Å². The standard InChI is InChI=1S/C15H12ClNO3/c16-13-7-6-12(8-10(13)9-18)15(20,14(17)19)11-4-2-1-3-5-11/h1-9,20H,(H2,17,19). The van der Waals surface area contributed by atoms with E-state index < -0.39 is 11.5 Å². The summed E-state index contributed by atoms with van der Waals surface area (Å²) in [5.74, 6) is -0.928. The fourth-order valence-electron chi connectivity index (χ4n) is 1.99. The largest absolute Gasteiger partial charge is 0.372 e. The molecule has 0 bridgehead atoms. The van der Waals surface area contributed by atoms with Crippen LogP contribution in [-0.2, 0) is 10.4 Å². The minimum absolute atomic E-state index is 0.180. The van der Waals surface area contributed by atoms with E-state index in [1.54, 1.807) is 30.3 Å². The Labute approximate surface area is 120 Å². The fraction of sp³-hybridized carbons (Fsp3) is 0.0667. The van der Waals surface area contributed by atoms with Gasteiger partial charge in [0.15, 0.2) is 11.9 Å². The first kappa shape index (κ1) is 14.2. The van der Waals surface area contributed by atoms with E-state index >= 15 is 0 Å². The maximum absolute atomic E-state index is 11.8. The molecule has 0 aliphatic heterocycles. The molecule has 1 atom stereocenters. The Morgan fingerprint density at radius 2 is 1.80 bits per heavy atom. The van der Waals surface area contributed by atoms with E-state index in [-0.39, 0.29) is 16.1 Å². The molecule has 2 aromatic rings. The van der Waals surface area contributed by atoms with Gasteiger partial charge in [0.25, 0.3) is 5.91 Å². The average Bonchev–Trinajstić information content (AvgIpc) is 2.47. The fourth-order valence-corrected chi connectivity index (χ4v) is 2.15. The number of hydrogen-bond donors (Lipinski definition) is 2. The highest BCUT2D eigenvalue weighted by Gasteiger charge is 2.38. The molecular formula is C15H12ClNO3. The number of benzene rings is 2. The van der Waals surface area contributed by atoms with E-state index in [0.29, 0.717) is 11.8 Å². The van der Waals surface area contributed by atoms with Gasteiger partial charge in [-0.3, -0.25) is 9.59 Å². The van der Waals surface area contributed by atoms with Crippen molar-refractivity contribution in [1.29, 1.82) is 0 Å². The zero-order valence-corrected chi connectivity index (χ0v) is 11.2. The lowest BCUT2D eigenvalue weighted by atomic mass is 9.85. The van der Waals surface area contributed by atoms with Gasteiger partial charge in [-0.15, -0.1) is 0 Å². The molecule has 1 unspecified atom stereocenters. The van der Waals surface area contributed by atoms with Gasteiger partial charge in [-0.25, -0.2) is 0 Å². The van der Waals surface area contributed by atoms with Gasteiger partial charge in [-0.2, -0.15) is 0 Å². The summed E-state index contributed by atoms with van der Waals surface area (Å²) in [7, 11) is 0. The van der Waals surface area contributed by atoms with Gasteiger partial charge in [-0.05, 0) is 23.3 Å². The molecule has 2 aromatic carbocycles. The molecule has 102 valence electrons. The van der Waals surface area contributed by atoms with Crippen LogP contribution in [0, 0.1) is 0 Å². The molecule has 0 spiro atoms. The molecule has 20 heavy (non-hydrogen) atoms. The van der Waals surface area contributed by atoms with Gasteiger partial charge in [0.2, 0.25) is 0 Å². The molecule has 0 aliphatic carbocycles. The molecule has 0 aromatic heterocycles. The number of carbonyl (C=O) groups excluding carboxylic acids is 2. The van der Waals surface area contributed by atoms with E-state index in [9.17, 15) is 14.7 Å². The summed E-state index contributed by atoms with van der Waals surface area (Å²) >= 11 is 5.84. The van der Waals surface area contributed by atoms with Gasteiger partial charge in [0.1, 0.15) is 0 Å². The summed E-state index contributed by atoms with van der Waals surface area (Å²) in [5.41, 5.74) is 4.05. The number of amides is 1. The average molecular weight is 290 g/mol. The quantitative estimate of drug-likeness (QED) is 0.843. The van der Waals surface area contributed by atoms with Crippen LogP contribution in [0.5, 0.6) is 0 Å². The second kappa shape index (κ2) is 5.45. The Morgan fingerprint density at radius 3 is 2.35 bits per heavy atom. The van der Waals surface area contributed by atoms with Crippen LogP contribution in [-0.4, -0.2) is 17.3 Å². The number of primary amides is 1. The van der Waals surface area contributed by atoms with Crippen LogP contribution in [0.1, 0.15) is 21.5 Å². The third-order valence-corrected chi connectivity index (χ3v) is 3.43. The second-order valence-corrected chi connectivity index (χ2v) is 4.70. The van der Waals surface area contributed by atoms with E-state index in [0.717, 1.165) is 0 Å². The smallest absolute Gasteiger partial charge is 0.258 e. The third-order valence-electron chi connectivity index (χ3n) is 3.09. The van der Waals surface area contributed by atoms with Crippen LogP contribution in [0.15, 0.2) is 48.5 Å². The predicted octanol–water partition coefficient (Wildman–Crippen LogP) is 1.87. The van der Waals surface area contributed by atoms with Crippen LogP contribution in [0.3, 0.4) is 0 Å². The highest BCUT2D eigenvalue weighted by Crippen LogP contribution is 2.31. The molecule has 0 aliphatic rings. The van der Waals surface area contributed by atoms with E-state index in [2.05, 4.69) is 0 Å². The first-order chi connectivity index (χ1) is 9.50. The molecule has 2 rings (SSSR count). The lowest BCUT2D eigenvalue weighted by Gasteiger charge is -2.26. The van der Waals surface area contributed by atoms with Crippen molar-refractivity contribution in [2.24, 2.45) is 5.73 Å². The minimum Gasteiger partial charge on any atom is -0.372 e. The number of aldehydes is 1. The monoisotopic (exact) mass is 289 g/mol. The Balaban J connectivity index is 2.66. The van der Waals surface area contributed by atoms with Crippen molar-refractivity contribution in [3.8, 4) is 0 Å². The molecule has 0 saturated heterocycles. The Morgan fingerprint density at radius 1 is 1.15 bits per heavy atom. The zero-order chi connectivity index (χ0) is 14.8. The molecule has 1 amide bonds. The van der Waals surface area contributed by atoms with E-state index in [4.69, 9.17) is 17.3 Å². The molecule has 5 heteroatoms. The van der Waals surface area contributed by atoms with Crippen LogP contribution in [0.2, 0.25) is 5.02 Å². The summed E-state index contributed by atoms with van der Waals surface area (Å²) in [6.07, 6.45) is 0.554. The molecule has 3 N–H and O–H groups in total. The van der Waals surface area contributed by atoms with Crippen LogP contribution in [0.4, 0.5) is 0 Å². The lowest BCUT2D eigenvalue weighted by Crippen LogP contribution is -2.42. The summed E-state index contributed by atoms with van der Waals surface area (Å²) in [6, 6.07) is 12.5. The van der Waals surface area contributed by atoms with Crippen molar-refractivity contribution in [1.82, 2.24) is 0 Å². The summed E-state index contributed by atoms with van der Waals surface area (Å²) in [4.78, 5) is 22.7. The summed E-state index contributed by atoms with van der Waals surface area (Å²) in [6.45, 7) is 0. The SMILES string of the molecule is NC(=O)C(O)(c1ccccc1)c1ccc(Cl)c(C=O)c1. The minimum atomic E-state index is -2.01. The second-order valence-electron chi connectivity index (χ2n) is 4.29. The van der Waals surface area contributed by atoms with Crippen molar-refractivity contribution in [3.05, 3.63) is 70.2 Å². The van der Waals surface area contributed by atoms with Crippen molar-refractivity contribution >= 4 is 23.8 Å². The van der Waals surface area contributed by atoms with E-state index in [1.165, 1.54) is 18.2 Å². The number of carbonyl (C=O) groups is 2. The van der Waals surface area contributed by atoms with Gasteiger partial charge in [-0.1, -0.05) is 48.0 Å². The third kappa shape index (κ3) is 2.31. The number of hydrogen-bond acceptors (Lipinski definition) is 3. The van der Waals surface area contributed by atoms with Crippen LogP contribution in [0.25, 0.3) is 0 Å². The van der Waals surface area contributed by atoms with Gasteiger partial charge >= 0.3 is 0 Å². The molecule has 0 heterocycles. The molecular weight excluding hydrogens is 278 g/mol. The first-order valence-corrected chi connectivity index (χ1v) is 6.21. The van der Waals surface area contributed by atoms with Crippen molar-refractivity contribution in [2.75, 3.05) is 0 Å². The lowest BCUT2D eigenvalue weighted by molar-refractivity contribution is -0.133. The van der Waals surface area contributed by atoms with Crippen LogP contribution < -0.4 is 5.73 Å². The summed E-state index contributed by atoms with van der Waals surface area (Å²) in [5, 5.41) is 10.9. The maximum Gasteiger partial charge on any atom is 0.258 e. The number of nitrogens with two attached hydrogens (primary N) is 1. The number of aliphatic hydroxyl groups is 1. The zero-order valence-electron chi connectivity index (χ0n) is 10.4. The highest BCUT2D eigenvalue weighted by molar-refractivity contribution is 6.33. The first-order valence-electron chi connectivity index (χ1n) is 5.83. The normalized spacial score (nSPS) is 13.5. The molecule has 0 saturated carbocycles. The molecule has 4 nitrogen and oxygen atoms in total. The van der Waals surface area contributed by atoms with Gasteiger partial charge in [0, 0.05) is 5.56 Å². The van der Waals surface area contributed by atoms with Crippen molar-refractivity contribution in [3.63, 3.8) is 0 Å². The Kier molecular flexibility index (Phi) is 3.88. The topological polar surface area (TPSA) is 80.4 Å². The van der Waals surface area contributed by atoms with Crippen molar-refractivity contribution in [2.45, 2.75) is 5.60 Å². The van der Waals surface area contributed by atoms with E-state index in [1.807, 2.05) is 0 Å². The van der Waals surface area contributed by atoms with Gasteiger partial charge in [0.05, 0.1) is 5.02 Å². The molecule has 0 radical (unpaired) electrons.